The summed E-state index contributed by atoms with van der Waals surface area (Å²) < 4.78 is 19.0. The number of benzene rings is 3. The molecule has 2 saturated heterocycles. The molecule has 2 aliphatic rings. The number of piperidine rings is 2. The van der Waals surface area contributed by atoms with Crippen molar-refractivity contribution in [3.63, 3.8) is 0 Å². The third-order valence-electron chi connectivity index (χ3n) is 10.5. The Balaban J connectivity index is 1.17. The molecule has 0 aliphatic carbocycles. The molecule has 2 N–H and O–H groups in total. The largest absolute Gasteiger partial charge is 0.493 e. The SMILES string of the molecule is Cc1c(COc2cc(OCc3cncc(C#N)c3)c(CN3CCCC[C@H]3C(=O)O)cc2Cl)cccc1-c1cccc(OCCCN2CCC(O)CC2)c1C. The minimum absolute atomic E-state index is 0.158. The Labute approximate surface area is 322 Å². The molecular weight excluding hydrogens is 704 g/mol. The van der Waals surface area contributed by atoms with Crippen LogP contribution in [0.15, 0.2) is 67.0 Å². The second kappa shape index (κ2) is 18.6. The first kappa shape index (κ1) is 39.0. The van der Waals surface area contributed by atoms with Gasteiger partial charge < -0.3 is 29.3 Å². The van der Waals surface area contributed by atoms with Crippen LogP contribution in [-0.4, -0.2) is 75.9 Å². The Morgan fingerprint density at radius 2 is 1.65 bits per heavy atom. The highest BCUT2D eigenvalue weighted by Crippen LogP contribution is 2.37. The van der Waals surface area contributed by atoms with E-state index in [1.807, 2.05) is 29.2 Å². The summed E-state index contributed by atoms with van der Waals surface area (Å²) in [4.78, 5) is 20.6. The lowest BCUT2D eigenvalue weighted by molar-refractivity contribution is -0.144. The van der Waals surface area contributed by atoms with Crippen molar-refractivity contribution in [3.05, 3.63) is 105 Å². The van der Waals surface area contributed by atoms with Crippen molar-refractivity contribution >= 4 is 17.6 Å². The molecule has 0 amide bonds. The van der Waals surface area contributed by atoms with Crippen LogP contribution in [0.25, 0.3) is 11.1 Å². The zero-order valence-electron chi connectivity index (χ0n) is 31.1. The van der Waals surface area contributed by atoms with Gasteiger partial charge in [-0.2, -0.15) is 5.26 Å². The van der Waals surface area contributed by atoms with Crippen molar-refractivity contribution in [2.24, 2.45) is 0 Å². The van der Waals surface area contributed by atoms with Crippen LogP contribution in [0.2, 0.25) is 5.02 Å². The third kappa shape index (κ3) is 9.90. The van der Waals surface area contributed by atoms with E-state index in [0.717, 1.165) is 96.4 Å². The minimum Gasteiger partial charge on any atom is -0.493 e. The summed E-state index contributed by atoms with van der Waals surface area (Å²) in [7, 11) is 0. The maximum atomic E-state index is 12.1. The number of nitrogens with zero attached hydrogens (tertiary/aromatic N) is 4. The number of rotatable bonds is 15. The molecule has 11 heteroatoms. The molecule has 54 heavy (non-hydrogen) atoms. The fraction of sp³-hybridized carbons (Fsp3) is 0.419. The first-order chi connectivity index (χ1) is 26.2. The summed E-state index contributed by atoms with van der Waals surface area (Å²) in [6.45, 7) is 9.10. The molecule has 10 nitrogen and oxygen atoms in total. The number of hydrogen-bond acceptors (Lipinski definition) is 9. The first-order valence-corrected chi connectivity index (χ1v) is 19.2. The number of carboxylic acids is 1. The van der Waals surface area contributed by atoms with Gasteiger partial charge in [0.1, 0.15) is 42.6 Å². The number of carboxylic acid groups (broad SMARTS) is 1. The summed E-state index contributed by atoms with van der Waals surface area (Å²) in [6.07, 6.45) is 7.98. The zero-order chi connectivity index (χ0) is 38.0. The normalized spacial score (nSPS) is 16.8. The maximum Gasteiger partial charge on any atom is 0.320 e. The van der Waals surface area contributed by atoms with Gasteiger partial charge in [0, 0.05) is 55.8 Å². The monoisotopic (exact) mass is 752 g/mol. The molecular formula is C43H49ClN4O6. The molecule has 6 rings (SSSR count). The molecule has 0 radical (unpaired) electrons. The Morgan fingerprint density at radius 1 is 0.889 bits per heavy atom. The molecule has 1 aromatic heterocycles. The highest BCUT2D eigenvalue weighted by molar-refractivity contribution is 6.32. The standard InChI is InChI=1S/C43H49ClN4O6/c1-29-33(8-5-9-36(29)37-10-6-12-40(30(37)2)52-19-7-15-47-17-13-35(49)14-18-47)28-54-42-22-41(53-27-32-20-31(23-45)24-46-25-32)34(21-38(42)44)26-48-16-4-3-11-39(48)43(50)51/h5-6,8-10,12,20-22,24-25,35,39,49H,3-4,7,11,13-19,26-28H2,1-2H3,(H,50,51)/t39-/m0/s1. The van der Waals surface area contributed by atoms with E-state index in [9.17, 15) is 20.3 Å². The van der Waals surface area contributed by atoms with Crippen LogP contribution in [0.5, 0.6) is 17.2 Å². The van der Waals surface area contributed by atoms with Crippen LogP contribution < -0.4 is 14.2 Å². The predicted octanol–water partition coefficient (Wildman–Crippen LogP) is 7.71. The van der Waals surface area contributed by atoms with Crippen molar-refractivity contribution in [1.29, 1.82) is 5.26 Å². The summed E-state index contributed by atoms with van der Waals surface area (Å²) in [5.41, 5.74) is 7.29. The molecule has 2 fully saturated rings. The van der Waals surface area contributed by atoms with Gasteiger partial charge in [0.2, 0.25) is 0 Å². The summed E-state index contributed by atoms with van der Waals surface area (Å²) in [5.74, 6) is 1.01. The number of aliphatic carboxylic acids is 1. The fourth-order valence-electron chi connectivity index (χ4n) is 7.37. The van der Waals surface area contributed by atoms with Crippen molar-refractivity contribution in [2.75, 3.05) is 32.8 Å². The van der Waals surface area contributed by atoms with Crippen LogP contribution in [0, 0.1) is 25.2 Å². The van der Waals surface area contributed by atoms with Gasteiger partial charge in [-0.25, -0.2) is 0 Å². The van der Waals surface area contributed by atoms with Crippen molar-refractivity contribution in [1.82, 2.24) is 14.8 Å². The Hall–Kier alpha value is -4.66. The molecule has 4 aromatic rings. The summed E-state index contributed by atoms with van der Waals surface area (Å²) >= 11 is 6.86. The molecule has 0 unspecified atom stereocenters. The van der Waals surface area contributed by atoms with Gasteiger partial charge in [0.15, 0.2) is 0 Å². The van der Waals surface area contributed by atoms with Gasteiger partial charge in [-0.1, -0.05) is 48.4 Å². The molecule has 0 saturated carbocycles. The van der Waals surface area contributed by atoms with E-state index >= 15 is 0 Å². The second-order valence-electron chi connectivity index (χ2n) is 14.3. The van der Waals surface area contributed by atoms with Gasteiger partial charge in [0.05, 0.1) is 23.3 Å². The molecule has 0 bridgehead atoms. The highest BCUT2D eigenvalue weighted by Gasteiger charge is 2.29. The van der Waals surface area contributed by atoms with Gasteiger partial charge in [0.25, 0.3) is 0 Å². The first-order valence-electron chi connectivity index (χ1n) is 18.8. The van der Waals surface area contributed by atoms with Crippen molar-refractivity contribution < 1.29 is 29.2 Å². The molecule has 1 atom stereocenters. The number of halogens is 1. The minimum atomic E-state index is -0.833. The average Bonchev–Trinajstić information content (AvgIpc) is 3.18. The molecule has 0 spiro atoms. The number of nitriles is 1. The summed E-state index contributed by atoms with van der Waals surface area (Å²) in [5, 5.41) is 29.4. The van der Waals surface area contributed by atoms with E-state index < -0.39 is 12.0 Å². The molecule has 284 valence electrons. The van der Waals surface area contributed by atoms with E-state index in [4.69, 9.17) is 25.8 Å². The number of aliphatic hydroxyl groups is 1. The van der Waals surface area contributed by atoms with Crippen LogP contribution >= 0.6 is 11.6 Å². The topological polar surface area (TPSA) is 128 Å². The third-order valence-corrected chi connectivity index (χ3v) is 10.8. The molecule has 2 aliphatic heterocycles. The van der Waals surface area contributed by atoms with E-state index in [1.165, 1.54) is 6.20 Å². The molecule has 3 aromatic carbocycles. The number of likely N-dealkylation sites (tertiary alicyclic amines) is 2. The van der Waals surface area contributed by atoms with Crippen LogP contribution in [0.4, 0.5) is 0 Å². The average molecular weight is 753 g/mol. The second-order valence-corrected chi connectivity index (χ2v) is 14.7. The lowest BCUT2D eigenvalue weighted by Crippen LogP contribution is -2.44. The number of ether oxygens (including phenoxy) is 3. The number of hydrogen-bond donors (Lipinski definition) is 2. The van der Waals surface area contributed by atoms with Crippen molar-refractivity contribution in [3.8, 4) is 34.4 Å². The maximum absolute atomic E-state index is 12.1. The van der Waals surface area contributed by atoms with Gasteiger partial charge in [-0.05, 0) is 98.5 Å². The predicted molar refractivity (Wildman–Crippen MR) is 208 cm³/mol. The Bertz CT molecular complexity index is 1960. The van der Waals surface area contributed by atoms with E-state index in [0.29, 0.717) is 48.2 Å². The summed E-state index contributed by atoms with van der Waals surface area (Å²) in [6, 6.07) is 19.2. The smallest absolute Gasteiger partial charge is 0.320 e. The lowest BCUT2D eigenvalue weighted by atomic mass is 9.93. The zero-order valence-corrected chi connectivity index (χ0v) is 31.9. The van der Waals surface area contributed by atoms with Gasteiger partial charge >= 0.3 is 5.97 Å². The quantitative estimate of drug-likeness (QED) is 0.117. The van der Waals surface area contributed by atoms with Crippen LogP contribution in [0.3, 0.4) is 0 Å². The van der Waals surface area contributed by atoms with E-state index in [-0.39, 0.29) is 19.3 Å². The number of pyridine rings is 1. The fourth-order valence-corrected chi connectivity index (χ4v) is 7.62. The molecule has 3 heterocycles. The van der Waals surface area contributed by atoms with Crippen molar-refractivity contribution in [2.45, 2.75) is 84.3 Å². The number of aliphatic hydroxyl groups excluding tert-OH is 1. The Kier molecular flexibility index (Phi) is 13.4. The number of carbonyl (C=O) groups is 1. The Morgan fingerprint density at radius 3 is 2.43 bits per heavy atom. The van der Waals surface area contributed by atoms with Gasteiger partial charge in [-0.3, -0.25) is 14.7 Å². The van der Waals surface area contributed by atoms with E-state index in [1.54, 1.807) is 24.4 Å². The van der Waals surface area contributed by atoms with Gasteiger partial charge in [-0.15, -0.1) is 0 Å². The van der Waals surface area contributed by atoms with E-state index in [2.05, 4.69) is 41.9 Å². The number of aromatic nitrogens is 1. The van der Waals surface area contributed by atoms with Crippen LogP contribution in [0.1, 0.15) is 71.9 Å². The lowest BCUT2D eigenvalue weighted by Gasteiger charge is -2.33. The highest BCUT2D eigenvalue weighted by atomic mass is 35.5. The van der Waals surface area contributed by atoms with Crippen LogP contribution in [-0.2, 0) is 24.6 Å².